The van der Waals surface area contributed by atoms with Crippen molar-refractivity contribution in [1.29, 1.82) is 0 Å². The summed E-state index contributed by atoms with van der Waals surface area (Å²) >= 11 is 3.40. The van der Waals surface area contributed by atoms with Gasteiger partial charge in [0.05, 0.1) is 24.1 Å². The topological polar surface area (TPSA) is 97.6 Å². The van der Waals surface area contributed by atoms with Crippen molar-refractivity contribution in [2.45, 2.75) is 25.2 Å². The van der Waals surface area contributed by atoms with Crippen molar-refractivity contribution in [3.63, 3.8) is 0 Å². The Balaban J connectivity index is 1.52. The van der Waals surface area contributed by atoms with E-state index in [2.05, 4.69) is 26.0 Å². The van der Waals surface area contributed by atoms with E-state index in [1.165, 1.54) is 19.2 Å². The number of hydrogen-bond acceptors (Lipinski definition) is 5. The van der Waals surface area contributed by atoms with Crippen molar-refractivity contribution in [2.75, 3.05) is 24.6 Å². The van der Waals surface area contributed by atoms with Gasteiger partial charge in [-0.2, -0.15) is 0 Å². The Hall–Kier alpha value is -3.37. The van der Waals surface area contributed by atoms with Crippen LogP contribution >= 0.6 is 15.9 Å². The summed E-state index contributed by atoms with van der Waals surface area (Å²) in [4.78, 5) is 12.9. The van der Waals surface area contributed by atoms with Crippen LogP contribution < -0.4 is 14.8 Å². The maximum absolute atomic E-state index is 13.5. The standard InChI is InChI=1S/C28H26BrFN2O5S/c1-31-28(33)26-22-14-21(16-3-4-16)23(15-25(22)37-27(26)18-6-9-20(30)10-7-18)32-38(34,35)12-11-17-5-8-19(29)13-24(17)36-2/h5-10,13-16,32H,3-4,11-12H2,1-2H3,(H,31,33). The van der Waals surface area contributed by atoms with Crippen LogP contribution in [-0.2, 0) is 16.4 Å². The highest BCUT2D eigenvalue weighted by Gasteiger charge is 2.31. The van der Waals surface area contributed by atoms with Gasteiger partial charge < -0.3 is 14.5 Å². The minimum Gasteiger partial charge on any atom is -0.496 e. The van der Waals surface area contributed by atoms with E-state index in [-0.39, 0.29) is 24.0 Å². The van der Waals surface area contributed by atoms with E-state index in [4.69, 9.17) is 9.15 Å². The number of ether oxygens (including phenoxy) is 1. The van der Waals surface area contributed by atoms with Crippen LogP contribution in [0.5, 0.6) is 5.75 Å². The summed E-state index contributed by atoms with van der Waals surface area (Å²) in [5, 5.41) is 3.22. The summed E-state index contributed by atoms with van der Waals surface area (Å²) in [6, 6.07) is 14.6. The highest BCUT2D eigenvalue weighted by Crippen LogP contribution is 2.47. The Morgan fingerprint density at radius 3 is 2.53 bits per heavy atom. The normalized spacial score (nSPS) is 13.5. The third-order valence-corrected chi connectivity index (χ3v) is 8.36. The largest absolute Gasteiger partial charge is 0.496 e. The minimum absolute atomic E-state index is 0.143. The zero-order chi connectivity index (χ0) is 27.0. The summed E-state index contributed by atoms with van der Waals surface area (Å²) in [5.41, 5.74) is 3.26. The van der Waals surface area contributed by atoms with Crippen LogP contribution in [0.15, 0.2) is 63.5 Å². The first-order chi connectivity index (χ1) is 18.2. The number of carbonyl (C=O) groups excluding carboxylic acids is 1. The number of anilines is 1. The van der Waals surface area contributed by atoms with E-state index in [0.717, 1.165) is 28.4 Å². The van der Waals surface area contributed by atoms with Crippen molar-refractivity contribution < 1.29 is 26.8 Å². The van der Waals surface area contributed by atoms with E-state index in [1.54, 1.807) is 31.4 Å². The van der Waals surface area contributed by atoms with Gasteiger partial charge in [-0.15, -0.1) is 0 Å². The molecule has 4 aromatic rings. The van der Waals surface area contributed by atoms with Gasteiger partial charge >= 0.3 is 0 Å². The number of aryl methyl sites for hydroxylation is 1. The molecule has 1 fully saturated rings. The van der Waals surface area contributed by atoms with Crippen LogP contribution in [0.4, 0.5) is 10.1 Å². The van der Waals surface area contributed by atoms with Crippen LogP contribution in [0.2, 0.25) is 0 Å². The first-order valence-electron chi connectivity index (χ1n) is 12.1. The van der Waals surface area contributed by atoms with Crippen molar-refractivity contribution in [2.24, 2.45) is 0 Å². The number of furan rings is 1. The fourth-order valence-electron chi connectivity index (χ4n) is 4.52. The van der Waals surface area contributed by atoms with Gasteiger partial charge in [-0.1, -0.05) is 22.0 Å². The molecule has 0 bridgehead atoms. The first kappa shape index (κ1) is 26.2. The first-order valence-corrected chi connectivity index (χ1v) is 14.5. The predicted molar refractivity (Wildman–Crippen MR) is 149 cm³/mol. The molecule has 1 aliphatic carbocycles. The fraction of sp³-hybridized carbons (Fsp3) is 0.250. The van der Waals surface area contributed by atoms with E-state index in [9.17, 15) is 17.6 Å². The molecule has 0 spiro atoms. The molecule has 1 amide bonds. The number of halogens is 2. The van der Waals surface area contributed by atoms with Crippen LogP contribution in [0.3, 0.4) is 0 Å². The molecule has 0 aliphatic heterocycles. The van der Waals surface area contributed by atoms with Crippen molar-refractivity contribution in [3.05, 3.63) is 81.6 Å². The second-order valence-electron chi connectivity index (χ2n) is 9.23. The molecular weight excluding hydrogens is 575 g/mol. The highest BCUT2D eigenvalue weighted by atomic mass is 79.9. The van der Waals surface area contributed by atoms with Gasteiger partial charge in [0.1, 0.15) is 22.9 Å². The third-order valence-electron chi connectivity index (χ3n) is 6.59. The van der Waals surface area contributed by atoms with Crippen LogP contribution in [0, 0.1) is 5.82 Å². The molecule has 2 N–H and O–H groups in total. The van der Waals surface area contributed by atoms with Crippen LogP contribution in [0.1, 0.15) is 40.2 Å². The second-order valence-corrected chi connectivity index (χ2v) is 12.0. The number of hydrogen-bond donors (Lipinski definition) is 2. The molecule has 3 aromatic carbocycles. The predicted octanol–water partition coefficient (Wildman–Crippen LogP) is 6.23. The zero-order valence-electron chi connectivity index (χ0n) is 20.8. The molecule has 198 valence electrons. The van der Waals surface area contributed by atoms with Gasteiger partial charge in [-0.3, -0.25) is 9.52 Å². The lowest BCUT2D eigenvalue weighted by Crippen LogP contribution is -2.19. The summed E-state index contributed by atoms with van der Waals surface area (Å²) in [6.45, 7) is 0. The number of methoxy groups -OCH3 is 1. The van der Waals surface area contributed by atoms with E-state index < -0.39 is 15.8 Å². The maximum atomic E-state index is 13.5. The smallest absolute Gasteiger partial charge is 0.255 e. The second kappa shape index (κ2) is 10.4. The van der Waals surface area contributed by atoms with Crippen molar-refractivity contribution in [3.8, 4) is 17.1 Å². The summed E-state index contributed by atoms with van der Waals surface area (Å²) in [7, 11) is -0.650. The number of carbonyl (C=O) groups is 1. The number of benzene rings is 3. The molecule has 0 saturated heterocycles. The Morgan fingerprint density at radius 2 is 1.87 bits per heavy atom. The Kier molecular flexibility index (Phi) is 7.19. The molecule has 0 radical (unpaired) electrons. The lowest BCUT2D eigenvalue weighted by Gasteiger charge is -2.14. The average Bonchev–Trinajstić information content (AvgIpc) is 3.67. The molecule has 1 saturated carbocycles. The Labute approximate surface area is 228 Å². The molecule has 5 rings (SSSR count). The lowest BCUT2D eigenvalue weighted by molar-refractivity contribution is 0.0964. The van der Waals surface area contributed by atoms with E-state index >= 15 is 0 Å². The minimum atomic E-state index is -3.73. The summed E-state index contributed by atoms with van der Waals surface area (Å²) < 4.78 is 54.9. The molecular formula is C28H26BrFN2O5S. The van der Waals surface area contributed by atoms with Crippen molar-refractivity contribution >= 4 is 48.5 Å². The van der Waals surface area contributed by atoms with Crippen LogP contribution in [-0.4, -0.2) is 34.2 Å². The number of rotatable bonds is 9. The van der Waals surface area contributed by atoms with Gasteiger partial charge in [0.15, 0.2) is 0 Å². The van der Waals surface area contributed by atoms with Gasteiger partial charge in [-0.25, -0.2) is 12.8 Å². The molecule has 1 aliphatic rings. The molecule has 0 atom stereocenters. The molecule has 10 heteroatoms. The molecule has 38 heavy (non-hydrogen) atoms. The average molecular weight is 601 g/mol. The summed E-state index contributed by atoms with van der Waals surface area (Å²) in [6.07, 6.45) is 2.12. The van der Waals surface area contributed by atoms with Crippen LogP contribution in [0.25, 0.3) is 22.3 Å². The zero-order valence-corrected chi connectivity index (χ0v) is 23.2. The van der Waals surface area contributed by atoms with E-state index in [1.807, 2.05) is 18.2 Å². The Bertz CT molecular complexity index is 1630. The van der Waals surface area contributed by atoms with Gasteiger partial charge in [0.2, 0.25) is 10.0 Å². The van der Waals surface area contributed by atoms with Gasteiger partial charge in [0, 0.05) is 28.5 Å². The quantitative estimate of drug-likeness (QED) is 0.237. The molecule has 7 nitrogen and oxygen atoms in total. The van der Waals surface area contributed by atoms with Gasteiger partial charge in [0.25, 0.3) is 5.91 Å². The monoisotopic (exact) mass is 600 g/mol. The van der Waals surface area contributed by atoms with Crippen molar-refractivity contribution in [1.82, 2.24) is 5.32 Å². The van der Waals surface area contributed by atoms with Gasteiger partial charge in [-0.05, 0) is 78.8 Å². The molecule has 1 aromatic heterocycles. The fourth-order valence-corrected chi connectivity index (χ4v) is 5.97. The third kappa shape index (κ3) is 5.42. The molecule has 1 heterocycles. The number of fused-ring (bicyclic) bond motifs is 1. The SMILES string of the molecule is CNC(=O)c1c(-c2ccc(F)cc2)oc2cc(NS(=O)(=O)CCc3ccc(Br)cc3OC)c(C3CC3)cc12. The summed E-state index contributed by atoms with van der Waals surface area (Å²) in [5.74, 6) is 0.200. The lowest BCUT2D eigenvalue weighted by atomic mass is 10.0. The number of amides is 1. The highest BCUT2D eigenvalue weighted by molar-refractivity contribution is 9.10. The maximum Gasteiger partial charge on any atom is 0.255 e. The van der Waals surface area contributed by atoms with E-state index in [0.29, 0.717) is 39.3 Å². The molecule has 0 unspecified atom stereocenters. The Morgan fingerprint density at radius 1 is 1.13 bits per heavy atom. The number of sulfonamides is 1. The number of nitrogens with one attached hydrogen (secondary N) is 2.